The fraction of sp³-hybridized carbons (Fsp3) is 0.714. The Morgan fingerprint density at radius 1 is 1.43 bits per heavy atom. The minimum atomic E-state index is -0.532. The molecule has 1 saturated heterocycles. The van der Waals surface area contributed by atoms with Crippen LogP contribution in [0.15, 0.2) is 12.3 Å². The molecule has 3 atom stereocenters. The first-order valence-corrected chi connectivity index (χ1v) is 7.45. The second kappa shape index (κ2) is 6.13. The molecule has 0 aromatic carbocycles. The molecule has 1 amide bonds. The van der Waals surface area contributed by atoms with E-state index >= 15 is 0 Å². The van der Waals surface area contributed by atoms with Crippen molar-refractivity contribution in [1.29, 1.82) is 0 Å². The van der Waals surface area contributed by atoms with Crippen molar-refractivity contribution in [2.24, 2.45) is 7.05 Å². The highest BCUT2D eigenvalue weighted by Gasteiger charge is 2.39. The number of carbonyl (C=O) groups is 1. The molecule has 3 rings (SSSR count). The molecule has 1 aromatic heterocycles. The third kappa shape index (κ3) is 3.09. The van der Waals surface area contributed by atoms with Crippen LogP contribution in [0.4, 0.5) is 0 Å². The minimum Gasteiger partial charge on any atom is -0.389 e. The van der Waals surface area contributed by atoms with Crippen molar-refractivity contribution >= 4 is 5.91 Å². The predicted octanol–water partition coefficient (Wildman–Crippen LogP) is -0.626. The van der Waals surface area contributed by atoms with Crippen molar-refractivity contribution < 1.29 is 14.6 Å². The van der Waals surface area contributed by atoms with Gasteiger partial charge in [0, 0.05) is 32.4 Å². The highest BCUT2D eigenvalue weighted by molar-refractivity contribution is 5.92. The molecule has 116 valence electrons. The van der Waals surface area contributed by atoms with Crippen molar-refractivity contribution in [3.05, 3.63) is 18.0 Å². The van der Waals surface area contributed by atoms with Crippen LogP contribution in [-0.4, -0.2) is 70.2 Å². The number of amides is 1. The Hall–Kier alpha value is -1.44. The van der Waals surface area contributed by atoms with Gasteiger partial charge in [0.05, 0.1) is 25.4 Å². The number of hydrogen-bond acceptors (Lipinski definition) is 5. The number of morpholine rings is 1. The summed E-state index contributed by atoms with van der Waals surface area (Å²) >= 11 is 0. The van der Waals surface area contributed by atoms with Gasteiger partial charge in [-0.3, -0.25) is 14.4 Å². The molecule has 1 saturated carbocycles. The number of aromatic nitrogens is 2. The number of aryl methyl sites for hydroxylation is 1. The van der Waals surface area contributed by atoms with E-state index in [-0.39, 0.29) is 18.0 Å². The minimum absolute atomic E-state index is 0.114. The van der Waals surface area contributed by atoms with Crippen LogP contribution in [0.2, 0.25) is 0 Å². The molecule has 0 unspecified atom stereocenters. The topological polar surface area (TPSA) is 79.6 Å². The Morgan fingerprint density at radius 2 is 2.19 bits per heavy atom. The molecule has 0 radical (unpaired) electrons. The molecule has 0 bridgehead atoms. The number of rotatable bonds is 3. The summed E-state index contributed by atoms with van der Waals surface area (Å²) < 4.78 is 6.94. The molecule has 2 fully saturated rings. The fourth-order valence-corrected chi connectivity index (χ4v) is 3.20. The van der Waals surface area contributed by atoms with Crippen LogP contribution in [0.1, 0.15) is 23.3 Å². The molecule has 7 nitrogen and oxygen atoms in total. The number of carbonyl (C=O) groups excluding carboxylic acids is 1. The van der Waals surface area contributed by atoms with Crippen LogP contribution in [0.3, 0.4) is 0 Å². The Bertz CT molecular complexity index is 498. The van der Waals surface area contributed by atoms with E-state index in [1.807, 2.05) is 0 Å². The second-order valence-corrected chi connectivity index (χ2v) is 5.74. The Balaban J connectivity index is 1.58. The monoisotopic (exact) mass is 294 g/mol. The third-order valence-corrected chi connectivity index (χ3v) is 4.36. The molecule has 7 heteroatoms. The van der Waals surface area contributed by atoms with Gasteiger partial charge in [0.2, 0.25) is 0 Å². The molecule has 0 spiro atoms. The van der Waals surface area contributed by atoms with Crippen LogP contribution < -0.4 is 5.32 Å². The lowest BCUT2D eigenvalue weighted by molar-refractivity contribution is -0.0154. The van der Waals surface area contributed by atoms with Crippen LogP contribution in [0.5, 0.6) is 0 Å². The first kappa shape index (κ1) is 14.5. The van der Waals surface area contributed by atoms with Gasteiger partial charge in [-0.1, -0.05) is 0 Å². The average Bonchev–Trinajstić information content (AvgIpc) is 3.07. The van der Waals surface area contributed by atoms with Gasteiger partial charge in [-0.2, -0.15) is 5.10 Å². The van der Waals surface area contributed by atoms with Crippen LogP contribution in [0, 0.1) is 0 Å². The van der Waals surface area contributed by atoms with Crippen LogP contribution in [0.25, 0.3) is 0 Å². The molecule has 2 heterocycles. The van der Waals surface area contributed by atoms with Gasteiger partial charge < -0.3 is 15.2 Å². The number of aliphatic hydroxyl groups is 1. The number of ether oxygens (including phenoxy) is 1. The molecular formula is C14H22N4O3. The normalized spacial score (nSPS) is 30.5. The smallest absolute Gasteiger partial charge is 0.272 e. The molecule has 2 aliphatic rings. The summed E-state index contributed by atoms with van der Waals surface area (Å²) in [6, 6.07) is 1.59. The van der Waals surface area contributed by atoms with Crippen molar-refractivity contribution in [2.75, 3.05) is 26.3 Å². The van der Waals surface area contributed by atoms with Crippen LogP contribution in [-0.2, 0) is 11.8 Å². The van der Waals surface area contributed by atoms with Crippen molar-refractivity contribution in [1.82, 2.24) is 20.0 Å². The number of nitrogens with zero attached hydrogens (tertiary/aromatic N) is 3. The maximum absolute atomic E-state index is 12.1. The van der Waals surface area contributed by atoms with Gasteiger partial charge >= 0.3 is 0 Å². The summed E-state index contributed by atoms with van der Waals surface area (Å²) in [6.07, 6.45) is 2.89. The van der Waals surface area contributed by atoms with E-state index in [0.29, 0.717) is 18.9 Å². The molecule has 21 heavy (non-hydrogen) atoms. The number of nitrogens with one attached hydrogen (secondary N) is 1. The summed E-state index contributed by atoms with van der Waals surface area (Å²) in [5, 5.41) is 17.5. The zero-order chi connectivity index (χ0) is 14.8. The first-order chi connectivity index (χ1) is 10.1. The van der Waals surface area contributed by atoms with E-state index < -0.39 is 6.10 Å². The molecule has 1 aliphatic carbocycles. The van der Waals surface area contributed by atoms with Gasteiger partial charge in [-0.15, -0.1) is 0 Å². The summed E-state index contributed by atoms with van der Waals surface area (Å²) in [4.78, 5) is 14.4. The molecule has 2 N–H and O–H groups in total. The maximum Gasteiger partial charge on any atom is 0.272 e. The zero-order valence-corrected chi connectivity index (χ0v) is 12.2. The second-order valence-electron chi connectivity index (χ2n) is 5.74. The van der Waals surface area contributed by atoms with E-state index in [4.69, 9.17) is 4.74 Å². The summed E-state index contributed by atoms with van der Waals surface area (Å²) in [6.45, 7) is 3.13. The van der Waals surface area contributed by atoms with Gasteiger partial charge in [0.15, 0.2) is 0 Å². The summed E-state index contributed by atoms with van der Waals surface area (Å²) in [5.41, 5.74) is 0.388. The molecule has 1 aliphatic heterocycles. The fourth-order valence-electron chi connectivity index (χ4n) is 3.20. The van der Waals surface area contributed by atoms with E-state index in [1.165, 1.54) is 0 Å². The third-order valence-electron chi connectivity index (χ3n) is 4.36. The molecular weight excluding hydrogens is 272 g/mol. The van der Waals surface area contributed by atoms with Gasteiger partial charge in [-0.25, -0.2) is 0 Å². The van der Waals surface area contributed by atoms with E-state index in [1.54, 1.807) is 24.0 Å². The van der Waals surface area contributed by atoms with E-state index in [9.17, 15) is 9.90 Å². The SMILES string of the molecule is Cn1ccc(C(=O)N[C@@H]2CC[C@@H](N3CCOCC3)[C@@H]2O)n1. The lowest BCUT2D eigenvalue weighted by atomic mass is 10.1. The van der Waals surface area contributed by atoms with Gasteiger partial charge in [0.1, 0.15) is 5.69 Å². The Kier molecular flexibility index (Phi) is 4.23. The summed E-state index contributed by atoms with van der Waals surface area (Å²) in [5.74, 6) is -0.220. The highest BCUT2D eigenvalue weighted by atomic mass is 16.5. The average molecular weight is 294 g/mol. The lowest BCUT2D eigenvalue weighted by Gasteiger charge is -2.34. The largest absolute Gasteiger partial charge is 0.389 e. The van der Waals surface area contributed by atoms with Gasteiger partial charge in [-0.05, 0) is 18.9 Å². The van der Waals surface area contributed by atoms with Crippen LogP contribution >= 0.6 is 0 Å². The Morgan fingerprint density at radius 3 is 2.86 bits per heavy atom. The highest BCUT2D eigenvalue weighted by Crippen LogP contribution is 2.25. The standard InChI is InChI=1S/C14H22N4O3/c1-17-5-4-11(16-17)14(20)15-10-2-3-12(13(10)19)18-6-8-21-9-7-18/h4-5,10,12-13,19H,2-3,6-9H2,1H3,(H,15,20)/t10-,12-,13-/m1/s1. The summed E-state index contributed by atoms with van der Waals surface area (Å²) in [7, 11) is 1.77. The van der Waals surface area contributed by atoms with Crippen molar-refractivity contribution in [3.63, 3.8) is 0 Å². The van der Waals surface area contributed by atoms with Crippen molar-refractivity contribution in [2.45, 2.75) is 31.0 Å². The quantitative estimate of drug-likeness (QED) is 0.776. The zero-order valence-electron chi connectivity index (χ0n) is 12.2. The van der Waals surface area contributed by atoms with E-state index in [0.717, 1.165) is 25.9 Å². The Labute approximate surface area is 123 Å². The number of aliphatic hydroxyl groups excluding tert-OH is 1. The van der Waals surface area contributed by atoms with E-state index in [2.05, 4.69) is 15.3 Å². The number of hydrogen-bond donors (Lipinski definition) is 2. The molecule has 1 aromatic rings. The first-order valence-electron chi connectivity index (χ1n) is 7.45. The van der Waals surface area contributed by atoms with Gasteiger partial charge in [0.25, 0.3) is 5.91 Å². The predicted molar refractivity (Wildman–Crippen MR) is 75.9 cm³/mol. The van der Waals surface area contributed by atoms with Crippen molar-refractivity contribution in [3.8, 4) is 0 Å². The maximum atomic E-state index is 12.1. The lowest BCUT2D eigenvalue weighted by Crippen LogP contribution is -2.51.